The molecule has 4 N–H and O–H groups in total. The highest BCUT2D eigenvalue weighted by molar-refractivity contribution is 6.00. The zero-order valence-electron chi connectivity index (χ0n) is 24.6. The van der Waals surface area contributed by atoms with Gasteiger partial charge in [0.05, 0.1) is 0 Å². The molecule has 0 spiro atoms. The maximum atomic E-state index is 14.3. The maximum absolute atomic E-state index is 14.3. The number of hydrogen-bond acceptors (Lipinski definition) is 5. The van der Waals surface area contributed by atoms with E-state index in [1.165, 1.54) is 0 Å². The molecule has 2 atom stereocenters. The highest BCUT2D eigenvalue weighted by atomic mass is 16.6. The number of rotatable bonds is 10. The van der Waals surface area contributed by atoms with Crippen LogP contribution < -0.4 is 16.4 Å². The van der Waals surface area contributed by atoms with Crippen molar-refractivity contribution in [2.24, 2.45) is 5.73 Å². The van der Waals surface area contributed by atoms with Crippen molar-refractivity contribution in [1.29, 1.82) is 0 Å². The lowest BCUT2D eigenvalue weighted by atomic mass is 9.94. The van der Waals surface area contributed by atoms with Crippen LogP contribution in [0.4, 0.5) is 10.5 Å². The highest BCUT2D eigenvalue weighted by Gasteiger charge is 2.44. The summed E-state index contributed by atoms with van der Waals surface area (Å²) in [4.78, 5) is 54.4. The van der Waals surface area contributed by atoms with Crippen molar-refractivity contribution in [2.75, 3.05) is 5.32 Å². The minimum Gasteiger partial charge on any atom is -0.444 e. The van der Waals surface area contributed by atoms with Crippen LogP contribution in [0.3, 0.4) is 0 Å². The Bertz CT molecular complexity index is 1260. The van der Waals surface area contributed by atoms with Gasteiger partial charge in [0.1, 0.15) is 17.7 Å². The lowest BCUT2D eigenvalue weighted by Gasteiger charge is -2.35. The van der Waals surface area contributed by atoms with Crippen LogP contribution in [0.5, 0.6) is 0 Å². The van der Waals surface area contributed by atoms with E-state index in [2.05, 4.69) is 10.6 Å². The van der Waals surface area contributed by atoms with Crippen LogP contribution in [-0.4, -0.2) is 46.4 Å². The molecule has 2 unspecified atom stereocenters. The molecule has 3 rings (SSSR count). The predicted molar refractivity (Wildman–Crippen MR) is 155 cm³/mol. The van der Waals surface area contributed by atoms with Crippen molar-refractivity contribution < 1.29 is 23.9 Å². The van der Waals surface area contributed by atoms with Crippen molar-refractivity contribution in [3.05, 3.63) is 64.2 Å². The van der Waals surface area contributed by atoms with Gasteiger partial charge in [0.2, 0.25) is 11.8 Å². The molecule has 0 radical (unpaired) electrons. The van der Waals surface area contributed by atoms with Gasteiger partial charge in [-0.05, 0) is 95.5 Å². The van der Waals surface area contributed by atoms with Crippen LogP contribution in [-0.2, 0) is 19.1 Å². The third kappa shape index (κ3) is 7.83. The van der Waals surface area contributed by atoms with Gasteiger partial charge in [-0.1, -0.05) is 36.4 Å². The van der Waals surface area contributed by atoms with Gasteiger partial charge in [-0.3, -0.25) is 14.4 Å². The van der Waals surface area contributed by atoms with Crippen LogP contribution in [0, 0.1) is 27.7 Å². The lowest BCUT2D eigenvalue weighted by Crippen LogP contribution is -2.53. The lowest BCUT2D eigenvalue weighted by molar-refractivity contribution is -0.141. The number of benzene rings is 2. The molecule has 2 aromatic carbocycles. The number of amides is 4. The standard InChI is InChI=1S/C31H42N4O5/c1-18-10-9-13-23(21(18)4)27(28(37)34-26-19(2)11-8-12-20(26)3)35(22-14-15-22)29(38)24(16-17-25(32)36)33-30(39)40-31(5,6)7/h8-13,22,24,27H,14-17H2,1-7H3,(H2,32,36)(H,33,39)(H,34,37). The first-order valence-electron chi connectivity index (χ1n) is 13.7. The molecule has 0 heterocycles. The number of nitrogens with one attached hydrogen (secondary N) is 2. The molecule has 0 aromatic heterocycles. The molecule has 216 valence electrons. The largest absolute Gasteiger partial charge is 0.444 e. The molecule has 1 fully saturated rings. The normalized spacial score (nSPS) is 14.6. The van der Waals surface area contributed by atoms with Crippen molar-refractivity contribution >= 4 is 29.5 Å². The number of hydrogen-bond donors (Lipinski definition) is 3. The summed E-state index contributed by atoms with van der Waals surface area (Å²) in [7, 11) is 0. The fourth-order valence-corrected chi connectivity index (χ4v) is 4.74. The Morgan fingerprint density at radius 2 is 1.55 bits per heavy atom. The van der Waals surface area contributed by atoms with Crippen LogP contribution in [0.1, 0.15) is 80.3 Å². The van der Waals surface area contributed by atoms with Crippen LogP contribution in [0.25, 0.3) is 0 Å². The fraction of sp³-hybridized carbons (Fsp3) is 0.484. The quantitative estimate of drug-likeness (QED) is 0.393. The smallest absolute Gasteiger partial charge is 0.408 e. The van der Waals surface area contributed by atoms with Gasteiger partial charge in [0.25, 0.3) is 5.91 Å². The number of aryl methyl sites for hydroxylation is 3. The molecule has 9 heteroatoms. The molecule has 1 aliphatic carbocycles. The Kier molecular flexibility index (Phi) is 9.60. The molecule has 9 nitrogen and oxygen atoms in total. The van der Waals surface area contributed by atoms with E-state index in [9.17, 15) is 19.2 Å². The van der Waals surface area contributed by atoms with Crippen LogP contribution >= 0.6 is 0 Å². The number of carbonyl (C=O) groups is 4. The number of ether oxygens (including phenoxy) is 1. The van der Waals surface area contributed by atoms with Crippen LogP contribution in [0.2, 0.25) is 0 Å². The Labute approximate surface area is 236 Å². The minimum atomic E-state index is -1.11. The van der Waals surface area contributed by atoms with Crippen molar-refractivity contribution in [3.8, 4) is 0 Å². The van der Waals surface area contributed by atoms with E-state index >= 15 is 0 Å². The number of nitrogens with zero attached hydrogens (tertiary/aromatic N) is 1. The van der Waals surface area contributed by atoms with E-state index in [0.29, 0.717) is 11.3 Å². The summed E-state index contributed by atoms with van der Waals surface area (Å²) in [5, 5.41) is 5.72. The number of primary amides is 1. The summed E-state index contributed by atoms with van der Waals surface area (Å²) in [6, 6.07) is 9.19. The molecule has 2 aromatic rings. The summed E-state index contributed by atoms with van der Waals surface area (Å²) >= 11 is 0. The summed E-state index contributed by atoms with van der Waals surface area (Å²) in [6.07, 6.45) is 0.522. The average Bonchev–Trinajstić information content (AvgIpc) is 3.68. The van der Waals surface area contributed by atoms with E-state index in [0.717, 1.165) is 35.1 Å². The van der Waals surface area contributed by atoms with E-state index < -0.39 is 35.6 Å². The van der Waals surface area contributed by atoms with Crippen molar-refractivity contribution in [2.45, 2.75) is 97.9 Å². The fourth-order valence-electron chi connectivity index (χ4n) is 4.74. The molecule has 1 saturated carbocycles. The van der Waals surface area contributed by atoms with E-state index in [1.807, 2.05) is 64.1 Å². The first-order chi connectivity index (χ1) is 18.7. The minimum absolute atomic E-state index is 0.0192. The molecule has 40 heavy (non-hydrogen) atoms. The Balaban J connectivity index is 2.07. The molecule has 4 amide bonds. The Hall–Kier alpha value is -3.88. The third-order valence-electron chi connectivity index (χ3n) is 7.06. The average molecular weight is 551 g/mol. The second-order valence-corrected chi connectivity index (χ2v) is 11.6. The zero-order valence-corrected chi connectivity index (χ0v) is 24.6. The Morgan fingerprint density at radius 1 is 0.975 bits per heavy atom. The van der Waals surface area contributed by atoms with Crippen molar-refractivity contribution in [1.82, 2.24) is 10.2 Å². The molecular weight excluding hydrogens is 508 g/mol. The monoisotopic (exact) mass is 550 g/mol. The second-order valence-electron chi connectivity index (χ2n) is 11.6. The number of anilines is 1. The summed E-state index contributed by atoms with van der Waals surface area (Å²) in [5.41, 5.74) is 9.71. The Morgan fingerprint density at radius 3 is 2.10 bits per heavy atom. The van der Waals surface area contributed by atoms with Crippen LogP contribution in [0.15, 0.2) is 36.4 Å². The predicted octanol–water partition coefficient (Wildman–Crippen LogP) is 4.75. The van der Waals surface area contributed by atoms with Gasteiger partial charge in [-0.2, -0.15) is 0 Å². The molecule has 1 aliphatic rings. The number of alkyl carbamates (subject to hydrolysis) is 1. The van der Waals surface area contributed by atoms with Gasteiger partial charge in [0.15, 0.2) is 0 Å². The van der Waals surface area contributed by atoms with E-state index in [-0.39, 0.29) is 24.8 Å². The van der Waals surface area contributed by atoms with Gasteiger partial charge < -0.3 is 26.0 Å². The summed E-state index contributed by atoms with van der Waals surface area (Å²) in [6.45, 7) is 12.9. The first-order valence-corrected chi connectivity index (χ1v) is 13.7. The molecular formula is C31H42N4O5. The van der Waals surface area contributed by atoms with E-state index in [1.54, 1.807) is 25.7 Å². The van der Waals surface area contributed by atoms with Gasteiger partial charge >= 0.3 is 6.09 Å². The van der Waals surface area contributed by atoms with Crippen molar-refractivity contribution in [3.63, 3.8) is 0 Å². The third-order valence-corrected chi connectivity index (χ3v) is 7.06. The second kappa shape index (κ2) is 12.5. The zero-order chi connectivity index (χ0) is 29.8. The molecule has 0 saturated heterocycles. The maximum Gasteiger partial charge on any atom is 0.408 e. The molecule has 0 aliphatic heterocycles. The van der Waals surface area contributed by atoms with Gasteiger partial charge in [-0.15, -0.1) is 0 Å². The van der Waals surface area contributed by atoms with Gasteiger partial charge in [0, 0.05) is 18.2 Å². The topological polar surface area (TPSA) is 131 Å². The SMILES string of the molecule is Cc1cccc(C(C(=O)Nc2c(C)cccc2C)N(C(=O)C(CCC(N)=O)NC(=O)OC(C)(C)C)C2CC2)c1C. The number of carbonyl (C=O) groups excluding carboxylic acids is 4. The highest BCUT2D eigenvalue weighted by Crippen LogP contribution is 2.38. The van der Waals surface area contributed by atoms with E-state index in [4.69, 9.17) is 10.5 Å². The number of para-hydroxylation sites is 1. The molecule has 0 bridgehead atoms. The summed E-state index contributed by atoms with van der Waals surface area (Å²) in [5.74, 6) is -1.41. The summed E-state index contributed by atoms with van der Waals surface area (Å²) < 4.78 is 5.40. The first kappa shape index (κ1) is 30.7. The van der Waals surface area contributed by atoms with Gasteiger partial charge in [-0.25, -0.2) is 4.79 Å². The number of nitrogens with two attached hydrogens (primary N) is 1.